The Labute approximate surface area is 99.3 Å². The van der Waals surface area contributed by atoms with Crippen LogP contribution in [0.15, 0.2) is 11.6 Å². The predicted molar refractivity (Wildman–Crippen MR) is 67.2 cm³/mol. The molecule has 1 fully saturated rings. The summed E-state index contributed by atoms with van der Waals surface area (Å²) in [5.41, 5.74) is 1.39. The molecule has 0 amide bonds. The Morgan fingerprint density at radius 1 is 1.19 bits per heavy atom. The minimum Gasteiger partial charge on any atom is -0.294 e. The average Bonchev–Trinajstić information content (AvgIpc) is 2.47. The first-order valence-corrected chi connectivity index (χ1v) is 6.84. The van der Waals surface area contributed by atoms with E-state index in [-0.39, 0.29) is 5.41 Å². The van der Waals surface area contributed by atoms with Crippen LogP contribution in [0.2, 0.25) is 0 Å². The Morgan fingerprint density at radius 2 is 1.75 bits per heavy atom. The van der Waals surface area contributed by atoms with E-state index in [1.54, 1.807) is 0 Å². The second kappa shape index (κ2) is 4.35. The SMILES string of the molecule is CC(C)C1=CC(=O)C2(CCCCCC2)C1C. The zero-order valence-corrected chi connectivity index (χ0v) is 10.9. The van der Waals surface area contributed by atoms with E-state index in [0.29, 0.717) is 17.6 Å². The molecule has 0 aromatic carbocycles. The molecule has 1 spiro atoms. The van der Waals surface area contributed by atoms with Gasteiger partial charge in [-0.3, -0.25) is 4.79 Å². The average molecular weight is 220 g/mol. The summed E-state index contributed by atoms with van der Waals surface area (Å²) in [5, 5.41) is 0. The van der Waals surface area contributed by atoms with E-state index in [9.17, 15) is 4.79 Å². The zero-order chi connectivity index (χ0) is 11.8. The first kappa shape index (κ1) is 11.9. The summed E-state index contributed by atoms with van der Waals surface area (Å²) >= 11 is 0. The molecule has 0 bridgehead atoms. The highest BCUT2D eigenvalue weighted by atomic mass is 16.1. The van der Waals surface area contributed by atoms with Crippen molar-refractivity contribution in [2.75, 3.05) is 0 Å². The van der Waals surface area contributed by atoms with Crippen molar-refractivity contribution in [1.29, 1.82) is 0 Å². The molecule has 1 unspecified atom stereocenters. The van der Waals surface area contributed by atoms with Crippen molar-refractivity contribution >= 4 is 5.78 Å². The summed E-state index contributed by atoms with van der Waals surface area (Å²) in [6.07, 6.45) is 9.35. The number of allylic oxidation sites excluding steroid dienone is 2. The van der Waals surface area contributed by atoms with Crippen LogP contribution in [0.5, 0.6) is 0 Å². The standard InChI is InChI=1S/C15H24O/c1-11(2)13-10-14(16)15(12(13)3)8-6-4-5-7-9-15/h10-12H,4-9H2,1-3H3. The van der Waals surface area contributed by atoms with Crippen LogP contribution in [0.3, 0.4) is 0 Å². The minimum atomic E-state index is -0.00387. The molecule has 1 atom stereocenters. The third-order valence-electron chi connectivity index (χ3n) is 4.78. The Bertz CT molecular complexity index is 303. The van der Waals surface area contributed by atoms with E-state index in [1.165, 1.54) is 31.3 Å². The predicted octanol–water partition coefficient (Wildman–Crippen LogP) is 4.13. The number of ketones is 1. The number of carbonyl (C=O) groups is 1. The quantitative estimate of drug-likeness (QED) is 0.649. The smallest absolute Gasteiger partial charge is 0.162 e. The van der Waals surface area contributed by atoms with Gasteiger partial charge in [-0.05, 0) is 30.8 Å². The number of hydrogen-bond acceptors (Lipinski definition) is 1. The summed E-state index contributed by atoms with van der Waals surface area (Å²) in [4.78, 5) is 12.4. The van der Waals surface area contributed by atoms with Gasteiger partial charge in [-0.25, -0.2) is 0 Å². The second-order valence-electron chi connectivity index (χ2n) is 5.96. The minimum absolute atomic E-state index is 0.00387. The first-order valence-electron chi connectivity index (χ1n) is 6.84. The van der Waals surface area contributed by atoms with Gasteiger partial charge in [0.05, 0.1) is 0 Å². The van der Waals surface area contributed by atoms with Crippen LogP contribution >= 0.6 is 0 Å². The van der Waals surface area contributed by atoms with E-state index >= 15 is 0 Å². The molecule has 2 aliphatic carbocycles. The van der Waals surface area contributed by atoms with Crippen LogP contribution in [0.4, 0.5) is 0 Å². The van der Waals surface area contributed by atoms with Gasteiger partial charge in [0.25, 0.3) is 0 Å². The molecule has 0 N–H and O–H groups in total. The van der Waals surface area contributed by atoms with E-state index in [0.717, 1.165) is 12.8 Å². The molecule has 1 saturated carbocycles. The van der Waals surface area contributed by atoms with Crippen molar-refractivity contribution in [3.05, 3.63) is 11.6 Å². The Hall–Kier alpha value is -0.590. The van der Waals surface area contributed by atoms with Gasteiger partial charge >= 0.3 is 0 Å². The lowest BCUT2D eigenvalue weighted by Crippen LogP contribution is -2.32. The fraction of sp³-hybridized carbons (Fsp3) is 0.800. The van der Waals surface area contributed by atoms with Crippen molar-refractivity contribution < 1.29 is 4.79 Å². The molecule has 0 aromatic heterocycles. The Morgan fingerprint density at radius 3 is 2.19 bits per heavy atom. The van der Waals surface area contributed by atoms with Crippen LogP contribution in [-0.4, -0.2) is 5.78 Å². The van der Waals surface area contributed by atoms with Gasteiger partial charge < -0.3 is 0 Å². The molecule has 1 nitrogen and oxygen atoms in total. The first-order chi connectivity index (χ1) is 7.58. The van der Waals surface area contributed by atoms with Gasteiger partial charge in [-0.2, -0.15) is 0 Å². The fourth-order valence-corrected chi connectivity index (χ4v) is 3.66. The molecular formula is C15H24O. The van der Waals surface area contributed by atoms with Crippen molar-refractivity contribution in [3.63, 3.8) is 0 Å². The number of hydrogen-bond donors (Lipinski definition) is 0. The van der Waals surface area contributed by atoms with Crippen LogP contribution in [0.1, 0.15) is 59.3 Å². The lowest BCUT2D eigenvalue weighted by atomic mass is 9.69. The monoisotopic (exact) mass is 220 g/mol. The lowest BCUT2D eigenvalue weighted by molar-refractivity contribution is -0.125. The maximum Gasteiger partial charge on any atom is 0.162 e. The third-order valence-corrected chi connectivity index (χ3v) is 4.78. The van der Waals surface area contributed by atoms with E-state index in [4.69, 9.17) is 0 Å². The molecular weight excluding hydrogens is 196 g/mol. The fourth-order valence-electron chi connectivity index (χ4n) is 3.66. The highest BCUT2D eigenvalue weighted by molar-refractivity contribution is 5.98. The van der Waals surface area contributed by atoms with Crippen molar-refractivity contribution in [2.45, 2.75) is 59.3 Å². The highest BCUT2D eigenvalue weighted by Gasteiger charge is 2.47. The topological polar surface area (TPSA) is 17.1 Å². The van der Waals surface area contributed by atoms with Crippen LogP contribution < -0.4 is 0 Å². The molecule has 0 aliphatic heterocycles. The van der Waals surface area contributed by atoms with Gasteiger partial charge in [-0.1, -0.05) is 52.0 Å². The summed E-state index contributed by atoms with van der Waals surface area (Å²) in [5.74, 6) is 1.45. The second-order valence-corrected chi connectivity index (χ2v) is 5.96. The van der Waals surface area contributed by atoms with Crippen molar-refractivity contribution in [3.8, 4) is 0 Å². The molecule has 90 valence electrons. The number of rotatable bonds is 1. The van der Waals surface area contributed by atoms with E-state index in [1.807, 2.05) is 6.08 Å². The van der Waals surface area contributed by atoms with Gasteiger partial charge in [0.15, 0.2) is 5.78 Å². The van der Waals surface area contributed by atoms with Crippen LogP contribution in [0.25, 0.3) is 0 Å². The zero-order valence-electron chi connectivity index (χ0n) is 10.9. The molecule has 2 rings (SSSR count). The molecule has 0 heterocycles. The lowest BCUT2D eigenvalue weighted by Gasteiger charge is -2.33. The van der Waals surface area contributed by atoms with Crippen LogP contribution in [0, 0.1) is 17.3 Å². The molecule has 2 aliphatic rings. The maximum absolute atomic E-state index is 12.4. The molecule has 0 radical (unpaired) electrons. The summed E-state index contributed by atoms with van der Waals surface area (Å²) in [7, 11) is 0. The molecule has 16 heavy (non-hydrogen) atoms. The largest absolute Gasteiger partial charge is 0.294 e. The Kier molecular flexibility index (Phi) is 3.23. The summed E-state index contributed by atoms with van der Waals surface area (Å²) in [6.45, 7) is 6.71. The maximum atomic E-state index is 12.4. The van der Waals surface area contributed by atoms with Gasteiger partial charge in [0, 0.05) is 5.41 Å². The number of carbonyl (C=O) groups excluding carboxylic acids is 1. The molecule has 0 aromatic rings. The van der Waals surface area contributed by atoms with Gasteiger partial charge in [0.2, 0.25) is 0 Å². The molecule has 1 heteroatoms. The van der Waals surface area contributed by atoms with Gasteiger partial charge in [0.1, 0.15) is 0 Å². The van der Waals surface area contributed by atoms with Crippen molar-refractivity contribution in [2.24, 2.45) is 17.3 Å². The summed E-state index contributed by atoms with van der Waals surface area (Å²) < 4.78 is 0. The van der Waals surface area contributed by atoms with E-state index in [2.05, 4.69) is 20.8 Å². The third kappa shape index (κ3) is 1.74. The molecule has 0 saturated heterocycles. The van der Waals surface area contributed by atoms with E-state index < -0.39 is 0 Å². The highest BCUT2D eigenvalue weighted by Crippen LogP contribution is 2.50. The summed E-state index contributed by atoms with van der Waals surface area (Å²) in [6, 6.07) is 0. The van der Waals surface area contributed by atoms with Crippen molar-refractivity contribution in [1.82, 2.24) is 0 Å². The van der Waals surface area contributed by atoms with Crippen LogP contribution in [-0.2, 0) is 4.79 Å². The normalized spacial score (nSPS) is 29.6. The Balaban J connectivity index is 2.26. The van der Waals surface area contributed by atoms with Gasteiger partial charge in [-0.15, -0.1) is 0 Å².